The van der Waals surface area contributed by atoms with Crippen molar-refractivity contribution in [3.8, 4) is 0 Å². The van der Waals surface area contributed by atoms with Gasteiger partial charge < -0.3 is 11.1 Å². The highest BCUT2D eigenvalue weighted by molar-refractivity contribution is 5.83. The second-order valence-corrected chi connectivity index (χ2v) is 5.86. The minimum atomic E-state index is -0.138. The van der Waals surface area contributed by atoms with Crippen LogP contribution in [-0.2, 0) is 4.79 Å². The number of hydrogen-bond donors (Lipinski definition) is 2. The maximum Gasteiger partial charge on any atom is 0.227 e. The molecule has 0 bridgehead atoms. The van der Waals surface area contributed by atoms with Crippen molar-refractivity contribution in [3.05, 3.63) is 29.8 Å². The van der Waals surface area contributed by atoms with E-state index in [4.69, 9.17) is 5.73 Å². The van der Waals surface area contributed by atoms with E-state index in [0.717, 1.165) is 12.1 Å². The summed E-state index contributed by atoms with van der Waals surface area (Å²) in [5, 5.41) is 3.11. The summed E-state index contributed by atoms with van der Waals surface area (Å²) >= 11 is 0. The molecule has 1 saturated carbocycles. The summed E-state index contributed by atoms with van der Waals surface area (Å²) in [5.41, 5.74) is 7.85. The highest BCUT2D eigenvalue weighted by Crippen LogP contribution is 2.48. The Morgan fingerprint density at radius 2 is 2.21 bits per heavy atom. The van der Waals surface area contributed by atoms with Crippen molar-refractivity contribution in [3.63, 3.8) is 0 Å². The van der Waals surface area contributed by atoms with Gasteiger partial charge in [0.15, 0.2) is 0 Å². The van der Waals surface area contributed by atoms with Crippen LogP contribution in [0.2, 0.25) is 0 Å². The minimum absolute atomic E-state index is 0.105. The molecule has 1 aromatic carbocycles. The van der Waals surface area contributed by atoms with E-state index in [2.05, 4.69) is 12.2 Å². The van der Waals surface area contributed by atoms with Gasteiger partial charge in [0.1, 0.15) is 0 Å². The van der Waals surface area contributed by atoms with E-state index >= 15 is 0 Å². The fourth-order valence-electron chi connectivity index (χ4n) is 2.63. The Labute approximate surface area is 115 Å². The summed E-state index contributed by atoms with van der Waals surface area (Å²) < 4.78 is 0. The van der Waals surface area contributed by atoms with Gasteiger partial charge in [-0.25, -0.2) is 0 Å². The van der Waals surface area contributed by atoms with Crippen LogP contribution < -0.4 is 11.1 Å². The van der Waals surface area contributed by atoms with Gasteiger partial charge in [0, 0.05) is 12.2 Å². The third-order valence-electron chi connectivity index (χ3n) is 4.18. The lowest BCUT2D eigenvalue weighted by atomic mass is 9.98. The van der Waals surface area contributed by atoms with Crippen LogP contribution in [0.15, 0.2) is 24.3 Å². The van der Waals surface area contributed by atoms with Crippen molar-refractivity contribution in [2.75, 3.05) is 12.3 Å². The maximum atomic E-state index is 12.2. The van der Waals surface area contributed by atoms with E-state index in [1.807, 2.05) is 31.2 Å². The van der Waals surface area contributed by atoms with E-state index < -0.39 is 0 Å². The predicted octanol–water partition coefficient (Wildman–Crippen LogP) is 3.07. The lowest BCUT2D eigenvalue weighted by Crippen LogP contribution is -2.33. The predicted molar refractivity (Wildman–Crippen MR) is 78.9 cm³/mol. The number of nitrogens with two attached hydrogens (primary N) is 1. The summed E-state index contributed by atoms with van der Waals surface area (Å²) in [6.07, 6.45) is 4.93. The lowest BCUT2D eigenvalue weighted by Gasteiger charge is -2.18. The van der Waals surface area contributed by atoms with Gasteiger partial charge in [-0.3, -0.25) is 4.79 Å². The average Bonchev–Trinajstić information content (AvgIpc) is 3.16. The zero-order valence-corrected chi connectivity index (χ0v) is 11.9. The topological polar surface area (TPSA) is 55.1 Å². The summed E-state index contributed by atoms with van der Waals surface area (Å²) in [7, 11) is 0. The van der Waals surface area contributed by atoms with Crippen LogP contribution in [0.4, 0.5) is 5.69 Å². The molecule has 1 atom stereocenters. The Bertz CT molecular complexity index is 452. The monoisotopic (exact) mass is 260 g/mol. The van der Waals surface area contributed by atoms with Crippen LogP contribution in [0.25, 0.3) is 0 Å². The van der Waals surface area contributed by atoms with E-state index in [9.17, 15) is 4.79 Å². The molecule has 0 saturated heterocycles. The molecule has 3 nitrogen and oxygen atoms in total. The molecule has 3 heteroatoms. The largest absolute Gasteiger partial charge is 0.399 e. The van der Waals surface area contributed by atoms with Crippen LogP contribution in [0.3, 0.4) is 0 Å². The zero-order chi connectivity index (χ0) is 13.9. The van der Waals surface area contributed by atoms with E-state index in [1.165, 1.54) is 25.7 Å². The fraction of sp³-hybridized carbons (Fsp3) is 0.562. The quantitative estimate of drug-likeness (QED) is 0.772. The molecular weight excluding hydrogens is 236 g/mol. The minimum Gasteiger partial charge on any atom is -0.399 e. The molecule has 1 aromatic rings. The average molecular weight is 260 g/mol. The van der Waals surface area contributed by atoms with E-state index in [0.29, 0.717) is 11.1 Å². The Morgan fingerprint density at radius 3 is 2.79 bits per heavy atom. The Balaban J connectivity index is 1.89. The van der Waals surface area contributed by atoms with Crippen molar-refractivity contribution >= 4 is 11.6 Å². The van der Waals surface area contributed by atoms with Crippen LogP contribution in [0.5, 0.6) is 0 Å². The summed E-state index contributed by atoms with van der Waals surface area (Å²) in [6.45, 7) is 4.97. The van der Waals surface area contributed by atoms with Crippen molar-refractivity contribution < 1.29 is 4.79 Å². The molecule has 19 heavy (non-hydrogen) atoms. The Morgan fingerprint density at radius 1 is 1.47 bits per heavy atom. The number of rotatable bonds is 6. The molecule has 2 rings (SSSR count). The van der Waals surface area contributed by atoms with Gasteiger partial charge in [0.05, 0.1) is 5.92 Å². The van der Waals surface area contributed by atoms with Gasteiger partial charge in [-0.15, -0.1) is 0 Å². The molecule has 0 aliphatic heterocycles. The highest BCUT2D eigenvalue weighted by Gasteiger charge is 2.41. The van der Waals surface area contributed by atoms with Crippen LogP contribution in [0, 0.1) is 5.41 Å². The molecule has 3 N–H and O–H groups in total. The van der Waals surface area contributed by atoms with Gasteiger partial charge in [-0.05, 0) is 49.3 Å². The third-order valence-corrected chi connectivity index (χ3v) is 4.18. The third kappa shape index (κ3) is 3.49. The normalized spacial score (nSPS) is 17.8. The molecule has 1 aliphatic rings. The first kappa shape index (κ1) is 13.9. The number of nitrogens with one attached hydrogen (secondary N) is 1. The molecule has 1 fully saturated rings. The highest BCUT2D eigenvalue weighted by atomic mass is 16.1. The number of carbonyl (C=O) groups excluding carboxylic acids is 1. The second kappa shape index (κ2) is 5.64. The van der Waals surface area contributed by atoms with Gasteiger partial charge in [0.25, 0.3) is 0 Å². The van der Waals surface area contributed by atoms with Gasteiger partial charge in [0.2, 0.25) is 5.91 Å². The zero-order valence-electron chi connectivity index (χ0n) is 11.9. The van der Waals surface area contributed by atoms with Gasteiger partial charge in [-0.1, -0.05) is 25.5 Å². The smallest absolute Gasteiger partial charge is 0.227 e. The molecule has 104 valence electrons. The number of benzene rings is 1. The van der Waals surface area contributed by atoms with E-state index in [-0.39, 0.29) is 11.8 Å². The van der Waals surface area contributed by atoms with E-state index in [1.54, 1.807) is 0 Å². The molecule has 0 radical (unpaired) electrons. The maximum absolute atomic E-state index is 12.2. The second-order valence-electron chi connectivity index (χ2n) is 5.86. The van der Waals surface area contributed by atoms with Crippen LogP contribution >= 0.6 is 0 Å². The molecule has 0 heterocycles. The number of hydrogen-bond acceptors (Lipinski definition) is 2. The first-order valence-corrected chi connectivity index (χ1v) is 7.19. The number of anilines is 1. The molecule has 1 aliphatic carbocycles. The SMILES string of the molecule is CCCC1(CNC(=O)C(C)c2cccc(N)c2)CC1. The Kier molecular flexibility index (Phi) is 4.13. The van der Waals surface area contributed by atoms with Gasteiger partial charge in [-0.2, -0.15) is 0 Å². The first-order valence-electron chi connectivity index (χ1n) is 7.19. The number of nitrogen functional groups attached to an aromatic ring is 1. The first-order chi connectivity index (χ1) is 9.06. The standard InChI is InChI=1S/C16H24N2O/c1-3-7-16(8-9-16)11-18-15(19)12(2)13-5-4-6-14(17)10-13/h4-6,10,12H,3,7-9,11,17H2,1-2H3,(H,18,19). The molecule has 1 unspecified atom stereocenters. The van der Waals surface area contributed by atoms with Crippen LogP contribution in [0.1, 0.15) is 51.0 Å². The van der Waals surface area contributed by atoms with Crippen molar-refractivity contribution in [1.29, 1.82) is 0 Å². The van der Waals surface area contributed by atoms with Gasteiger partial charge >= 0.3 is 0 Å². The Hall–Kier alpha value is -1.51. The van der Waals surface area contributed by atoms with Crippen LogP contribution in [-0.4, -0.2) is 12.5 Å². The van der Waals surface area contributed by atoms with Crippen molar-refractivity contribution in [2.24, 2.45) is 5.41 Å². The molecule has 0 aromatic heterocycles. The van der Waals surface area contributed by atoms with Crippen molar-refractivity contribution in [1.82, 2.24) is 5.32 Å². The number of carbonyl (C=O) groups is 1. The lowest BCUT2D eigenvalue weighted by molar-refractivity contribution is -0.122. The summed E-state index contributed by atoms with van der Waals surface area (Å²) in [4.78, 5) is 12.2. The fourth-order valence-corrected chi connectivity index (χ4v) is 2.63. The molecule has 1 amide bonds. The number of amides is 1. The molecule has 0 spiro atoms. The van der Waals surface area contributed by atoms with Crippen molar-refractivity contribution in [2.45, 2.75) is 45.4 Å². The summed E-state index contributed by atoms with van der Waals surface area (Å²) in [6, 6.07) is 7.57. The molecular formula is C16H24N2O. The summed E-state index contributed by atoms with van der Waals surface area (Å²) in [5.74, 6) is -0.0334.